The van der Waals surface area contributed by atoms with Crippen LogP contribution in [0.2, 0.25) is 15.1 Å². The number of aryl methyl sites for hydroxylation is 1. The summed E-state index contributed by atoms with van der Waals surface area (Å²) >= 11 is 19.2. The summed E-state index contributed by atoms with van der Waals surface area (Å²) in [5, 5.41) is 16.1. The van der Waals surface area contributed by atoms with Crippen LogP contribution in [0, 0.1) is 6.92 Å². The van der Waals surface area contributed by atoms with Gasteiger partial charge in [0.15, 0.2) is 11.0 Å². The van der Waals surface area contributed by atoms with E-state index in [-0.39, 0.29) is 17.6 Å². The Morgan fingerprint density at radius 1 is 1.09 bits per heavy atom. The fourth-order valence-corrected chi connectivity index (χ4v) is 4.42. The number of carbonyl (C=O) groups excluding carboxylic acids is 2. The van der Waals surface area contributed by atoms with Crippen LogP contribution in [0.25, 0.3) is 0 Å². The Kier molecular flexibility index (Phi) is 8.64. The van der Waals surface area contributed by atoms with Crippen molar-refractivity contribution in [2.45, 2.75) is 38.5 Å². The van der Waals surface area contributed by atoms with Crippen LogP contribution in [-0.4, -0.2) is 32.3 Å². The van der Waals surface area contributed by atoms with Gasteiger partial charge in [-0.25, -0.2) is 0 Å². The minimum Gasteiger partial charge on any atom is -0.342 e. The molecule has 3 rings (SSSR count). The van der Waals surface area contributed by atoms with E-state index >= 15 is 0 Å². The number of nitrogens with one attached hydrogen (secondary N) is 2. The molecule has 3 aromatic rings. The molecule has 0 aliphatic rings. The number of anilines is 1. The van der Waals surface area contributed by atoms with E-state index in [9.17, 15) is 9.59 Å². The third-order valence-corrected chi connectivity index (χ3v) is 6.71. The fourth-order valence-electron chi connectivity index (χ4n) is 3.09. The molecule has 2 amide bonds. The third-order valence-electron chi connectivity index (χ3n) is 4.77. The minimum absolute atomic E-state index is 0.157. The molecule has 0 radical (unpaired) electrons. The number of aromatic nitrogens is 3. The Morgan fingerprint density at radius 3 is 2.52 bits per heavy atom. The smallest absolute Gasteiger partial charge is 0.251 e. The third kappa shape index (κ3) is 6.41. The van der Waals surface area contributed by atoms with E-state index in [2.05, 4.69) is 20.8 Å². The lowest BCUT2D eigenvalue weighted by molar-refractivity contribution is -0.113. The zero-order valence-corrected chi connectivity index (χ0v) is 21.2. The van der Waals surface area contributed by atoms with Crippen molar-refractivity contribution in [1.82, 2.24) is 20.1 Å². The number of thioether (sulfide) groups is 1. The number of hydrogen-bond donors (Lipinski definition) is 2. The van der Waals surface area contributed by atoms with Gasteiger partial charge in [-0.1, -0.05) is 46.6 Å². The molecule has 0 aliphatic carbocycles. The molecule has 2 aromatic carbocycles. The van der Waals surface area contributed by atoms with Gasteiger partial charge in [0.1, 0.15) is 0 Å². The van der Waals surface area contributed by atoms with Gasteiger partial charge in [0, 0.05) is 22.8 Å². The number of halogens is 3. The summed E-state index contributed by atoms with van der Waals surface area (Å²) in [6.07, 6.45) is 0. The van der Waals surface area contributed by atoms with Crippen LogP contribution < -0.4 is 10.6 Å². The van der Waals surface area contributed by atoms with Crippen molar-refractivity contribution in [1.29, 1.82) is 0 Å². The molecule has 0 aliphatic heterocycles. The summed E-state index contributed by atoms with van der Waals surface area (Å²) in [5.41, 5.74) is 1.98. The highest BCUT2D eigenvalue weighted by Gasteiger charge is 2.20. The average Bonchev–Trinajstić information content (AvgIpc) is 3.19. The molecule has 0 bridgehead atoms. The topological polar surface area (TPSA) is 88.9 Å². The molecule has 174 valence electrons. The molecule has 0 saturated carbocycles. The molecule has 0 fully saturated rings. The van der Waals surface area contributed by atoms with E-state index in [1.165, 1.54) is 17.8 Å². The Morgan fingerprint density at radius 2 is 1.85 bits per heavy atom. The van der Waals surface area contributed by atoms with Gasteiger partial charge in [0.05, 0.1) is 21.8 Å². The number of carbonyl (C=O) groups is 2. The molecule has 0 saturated heterocycles. The predicted octanol–water partition coefficient (Wildman–Crippen LogP) is 5.79. The fraction of sp³-hybridized carbons (Fsp3) is 0.273. The number of hydrogen-bond acceptors (Lipinski definition) is 5. The van der Waals surface area contributed by atoms with Crippen LogP contribution >= 0.6 is 46.6 Å². The van der Waals surface area contributed by atoms with E-state index in [0.717, 1.165) is 5.56 Å². The molecular formula is C22H22Cl3N5O2S. The Bertz CT molecular complexity index is 1180. The molecule has 1 aromatic heterocycles. The van der Waals surface area contributed by atoms with Crippen molar-refractivity contribution in [3.63, 3.8) is 0 Å². The second-order valence-electron chi connectivity index (χ2n) is 7.21. The molecule has 0 spiro atoms. The molecule has 1 heterocycles. The first-order valence-electron chi connectivity index (χ1n) is 10.1. The highest BCUT2D eigenvalue weighted by molar-refractivity contribution is 7.99. The average molecular weight is 527 g/mol. The molecule has 7 nitrogen and oxygen atoms in total. The second-order valence-corrected chi connectivity index (χ2v) is 9.40. The Balaban J connectivity index is 1.64. The van der Waals surface area contributed by atoms with Crippen molar-refractivity contribution >= 4 is 64.1 Å². The first-order valence-corrected chi connectivity index (χ1v) is 12.2. The van der Waals surface area contributed by atoms with Crippen molar-refractivity contribution in [2.75, 3.05) is 11.1 Å². The lowest BCUT2D eigenvalue weighted by atomic mass is 10.2. The quantitative estimate of drug-likeness (QED) is 0.363. The van der Waals surface area contributed by atoms with E-state index < -0.39 is 6.04 Å². The van der Waals surface area contributed by atoms with E-state index in [0.29, 0.717) is 43.8 Å². The van der Waals surface area contributed by atoms with E-state index in [1.807, 2.05) is 25.3 Å². The van der Waals surface area contributed by atoms with E-state index in [4.69, 9.17) is 34.8 Å². The zero-order valence-electron chi connectivity index (χ0n) is 18.2. The van der Waals surface area contributed by atoms with Crippen LogP contribution in [0.5, 0.6) is 0 Å². The zero-order chi connectivity index (χ0) is 24.1. The standard InChI is InChI=1S/C22H22Cl3N5O2S/c1-4-30-20(13(3)26-21(32)14-5-7-16(24)17(25)10-14)28-29-22(30)33-11-19(31)27-18-8-6-15(23)9-12(18)2/h5-10,13H,4,11H2,1-3H3,(H,26,32)(H,27,31)/t13-/m1/s1. The number of rotatable bonds is 8. The van der Waals surface area contributed by atoms with Crippen LogP contribution in [0.3, 0.4) is 0 Å². The van der Waals surface area contributed by atoms with Crippen LogP contribution in [0.4, 0.5) is 5.69 Å². The van der Waals surface area contributed by atoms with Gasteiger partial charge >= 0.3 is 0 Å². The van der Waals surface area contributed by atoms with Gasteiger partial charge < -0.3 is 15.2 Å². The summed E-state index contributed by atoms with van der Waals surface area (Å²) in [4.78, 5) is 25.0. The summed E-state index contributed by atoms with van der Waals surface area (Å²) in [6, 6.07) is 9.55. The summed E-state index contributed by atoms with van der Waals surface area (Å²) < 4.78 is 1.87. The summed E-state index contributed by atoms with van der Waals surface area (Å²) in [7, 11) is 0. The van der Waals surface area contributed by atoms with Crippen LogP contribution in [-0.2, 0) is 11.3 Å². The predicted molar refractivity (Wildman–Crippen MR) is 134 cm³/mol. The molecular weight excluding hydrogens is 505 g/mol. The normalized spacial score (nSPS) is 11.8. The van der Waals surface area contributed by atoms with Gasteiger partial charge in [0.25, 0.3) is 5.91 Å². The molecule has 2 N–H and O–H groups in total. The monoisotopic (exact) mass is 525 g/mol. The van der Waals surface area contributed by atoms with Crippen molar-refractivity contribution in [3.05, 3.63) is 68.4 Å². The largest absolute Gasteiger partial charge is 0.342 e. The molecule has 33 heavy (non-hydrogen) atoms. The van der Waals surface area contributed by atoms with Gasteiger partial charge in [0.2, 0.25) is 5.91 Å². The van der Waals surface area contributed by atoms with Crippen LogP contribution in [0.15, 0.2) is 41.6 Å². The second kappa shape index (κ2) is 11.2. The SMILES string of the molecule is CCn1c(SCC(=O)Nc2ccc(Cl)cc2C)nnc1[C@@H](C)NC(=O)c1ccc(Cl)c(Cl)c1. The first-order chi connectivity index (χ1) is 15.7. The Labute approximate surface area is 211 Å². The maximum Gasteiger partial charge on any atom is 0.251 e. The number of amides is 2. The lowest BCUT2D eigenvalue weighted by Gasteiger charge is -2.15. The minimum atomic E-state index is -0.417. The van der Waals surface area contributed by atoms with Gasteiger partial charge in [-0.15, -0.1) is 10.2 Å². The number of nitrogens with zero attached hydrogens (tertiary/aromatic N) is 3. The van der Waals surface area contributed by atoms with Crippen molar-refractivity contribution in [3.8, 4) is 0 Å². The van der Waals surface area contributed by atoms with E-state index in [1.54, 1.807) is 30.3 Å². The summed E-state index contributed by atoms with van der Waals surface area (Å²) in [5.74, 6) is 0.268. The van der Waals surface area contributed by atoms with Crippen molar-refractivity contribution < 1.29 is 9.59 Å². The Hall–Kier alpha value is -2.26. The lowest BCUT2D eigenvalue weighted by Crippen LogP contribution is -2.28. The molecule has 0 unspecified atom stereocenters. The summed E-state index contributed by atoms with van der Waals surface area (Å²) in [6.45, 7) is 6.22. The van der Waals surface area contributed by atoms with Gasteiger partial charge in [-0.3, -0.25) is 9.59 Å². The van der Waals surface area contributed by atoms with Gasteiger partial charge in [-0.05, 0) is 62.7 Å². The highest BCUT2D eigenvalue weighted by Crippen LogP contribution is 2.25. The van der Waals surface area contributed by atoms with Crippen molar-refractivity contribution in [2.24, 2.45) is 0 Å². The molecule has 11 heteroatoms. The number of benzene rings is 2. The first kappa shape index (κ1) is 25.4. The molecule has 1 atom stereocenters. The van der Waals surface area contributed by atoms with Crippen LogP contribution in [0.1, 0.15) is 41.6 Å². The van der Waals surface area contributed by atoms with Gasteiger partial charge in [-0.2, -0.15) is 0 Å². The maximum atomic E-state index is 12.6. The highest BCUT2D eigenvalue weighted by atomic mass is 35.5. The maximum absolute atomic E-state index is 12.6.